The summed E-state index contributed by atoms with van der Waals surface area (Å²) in [6.07, 6.45) is 0.0628. The number of hydrogen-bond acceptors (Lipinski definition) is 2. The third kappa shape index (κ3) is 4.24. The van der Waals surface area contributed by atoms with E-state index in [-0.39, 0.29) is 24.6 Å². The van der Waals surface area contributed by atoms with Crippen LogP contribution in [-0.2, 0) is 4.79 Å². The highest BCUT2D eigenvalue weighted by molar-refractivity contribution is 5.91. The predicted molar refractivity (Wildman–Crippen MR) is 74.5 cm³/mol. The van der Waals surface area contributed by atoms with Gasteiger partial charge in [0.1, 0.15) is 5.82 Å². The number of nitrogens with one attached hydrogen (secondary N) is 2. The van der Waals surface area contributed by atoms with E-state index in [2.05, 4.69) is 10.6 Å². The average Bonchev–Trinajstić information content (AvgIpc) is 2.45. The minimum Gasteiger partial charge on any atom is -0.384 e. The van der Waals surface area contributed by atoms with Crippen molar-refractivity contribution in [2.24, 2.45) is 0 Å². The minimum atomic E-state index is -0.962. The Morgan fingerprint density at radius 3 is 2.43 bits per heavy atom. The molecule has 2 N–H and O–H groups in total. The van der Waals surface area contributed by atoms with Crippen molar-refractivity contribution in [3.8, 4) is 0 Å². The summed E-state index contributed by atoms with van der Waals surface area (Å²) in [4.78, 5) is 11.6. The lowest BCUT2D eigenvalue weighted by Crippen LogP contribution is -2.17. The van der Waals surface area contributed by atoms with Gasteiger partial charge in [0.2, 0.25) is 5.91 Å². The van der Waals surface area contributed by atoms with E-state index in [1.807, 2.05) is 0 Å². The zero-order valence-electron chi connectivity index (χ0n) is 11.0. The molecule has 0 fully saturated rings. The van der Waals surface area contributed by atoms with Gasteiger partial charge < -0.3 is 10.6 Å². The maximum Gasteiger partial charge on any atom is 0.226 e. The van der Waals surface area contributed by atoms with Crippen LogP contribution in [0.1, 0.15) is 6.42 Å². The molecule has 0 heterocycles. The number of benzene rings is 2. The molecule has 0 aliphatic rings. The molecule has 0 aromatic heterocycles. The first-order valence-electron chi connectivity index (χ1n) is 6.29. The lowest BCUT2D eigenvalue weighted by atomic mass is 10.2. The van der Waals surface area contributed by atoms with Crippen LogP contribution < -0.4 is 10.6 Å². The smallest absolute Gasteiger partial charge is 0.226 e. The Kier molecular flexibility index (Phi) is 4.81. The zero-order valence-corrected chi connectivity index (χ0v) is 11.0. The summed E-state index contributed by atoms with van der Waals surface area (Å²) in [5, 5.41) is 5.21. The van der Waals surface area contributed by atoms with Gasteiger partial charge in [-0.2, -0.15) is 0 Å². The zero-order chi connectivity index (χ0) is 15.2. The van der Waals surface area contributed by atoms with Gasteiger partial charge >= 0.3 is 0 Å². The van der Waals surface area contributed by atoms with Gasteiger partial charge in [-0.15, -0.1) is 0 Å². The number of carbonyl (C=O) groups excluding carboxylic acids is 1. The largest absolute Gasteiger partial charge is 0.384 e. The van der Waals surface area contributed by atoms with E-state index in [9.17, 15) is 18.0 Å². The number of anilines is 2. The maximum atomic E-state index is 13.3. The molecule has 0 bridgehead atoms. The molecule has 2 aromatic carbocycles. The van der Waals surface area contributed by atoms with E-state index in [1.165, 1.54) is 24.3 Å². The fourth-order valence-corrected chi connectivity index (χ4v) is 1.70. The molecule has 0 spiro atoms. The molecule has 0 radical (unpaired) electrons. The van der Waals surface area contributed by atoms with Gasteiger partial charge in [0, 0.05) is 18.7 Å². The summed E-state index contributed by atoms with van der Waals surface area (Å²) in [7, 11) is 0. The molecule has 0 aliphatic carbocycles. The second-order valence-electron chi connectivity index (χ2n) is 4.33. The Labute approximate surface area is 119 Å². The van der Waals surface area contributed by atoms with Crippen molar-refractivity contribution >= 4 is 17.3 Å². The molecule has 2 rings (SSSR count). The van der Waals surface area contributed by atoms with Crippen LogP contribution in [0.2, 0.25) is 0 Å². The van der Waals surface area contributed by atoms with Crippen LogP contribution >= 0.6 is 0 Å². The number of hydrogen-bond donors (Lipinski definition) is 2. The van der Waals surface area contributed by atoms with Crippen molar-refractivity contribution in [2.75, 3.05) is 17.2 Å². The molecule has 0 saturated heterocycles. The van der Waals surface area contributed by atoms with Crippen molar-refractivity contribution in [2.45, 2.75) is 6.42 Å². The lowest BCUT2D eigenvalue weighted by molar-refractivity contribution is -0.116. The second-order valence-corrected chi connectivity index (χ2v) is 4.33. The predicted octanol–water partition coefficient (Wildman–Crippen LogP) is 3.54. The fraction of sp³-hybridized carbons (Fsp3) is 0.133. The highest BCUT2D eigenvalue weighted by Gasteiger charge is 2.06. The van der Waals surface area contributed by atoms with Crippen LogP contribution in [0.5, 0.6) is 0 Å². The van der Waals surface area contributed by atoms with Gasteiger partial charge in [0.05, 0.1) is 5.69 Å². The first-order chi connectivity index (χ1) is 10.1. The molecule has 110 valence electrons. The van der Waals surface area contributed by atoms with Crippen LogP contribution in [0, 0.1) is 17.5 Å². The monoisotopic (exact) mass is 294 g/mol. The SMILES string of the molecule is O=C(CCNc1ccc(F)c(F)c1)Nc1ccccc1F. The molecule has 0 unspecified atom stereocenters. The minimum absolute atomic E-state index is 0.0628. The molecular weight excluding hydrogens is 281 g/mol. The van der Waals surface area contributed by atoms with Gasteiger partial charge in [0.25, 0.3) is 0 Å². The van der Waals surface area contributed by atoms with Crippen LogP contribution in [0.3, 0.4) is 0 Å². The van der Waals surface area contributed by atoms with Crippen molar-refractivity contribution < 1.29 is 18.0 Å². The molecule has 0 aliphatic heterocycles. The molecule has 0 saturated carbocycles. The highest BCUT2D eigenvalue weighted by Crippen LogP contribution is 2.14. The summed E-state index contributed by atoms with van der Waals surface area (Å²) in [5.41, 5.74) is 0.475. The summed E-state index contributed by atoms with van der Waals surface area (Å²) in [6.45, 7) is 0.214. The third-order valence-corrected chi connectivity index (χ3v) is 2.75. The molecule has 2 aromatic rings. The summed E-state index contributed by atoms with van der Waals surface area (Å²) in [5.74, 6) is -2.79. The van der Waals surface area contributed by atoms with Crippen LogP contribution in [-0.4, -0.2) is 12.5 Å². The van der Waals surface area contributed by atoms with E-state index in [0.717, 1.165) is 12.1 Å². The molecule has 6 heteroatoms. The third-order valence-electron chi connectivity index (χ3n) is 2.75. The van der Waals surface area contributed by atoms with Crippen LogP contribution in [0.25, 0.3) is 0 Å². The number of rotatable bonds is 5. The molecule has 1 amide bonds. The van der Waals surface area contributed by atoms with Crippen molar-refractivity contribution in [3.05, 3.63) is 59.9 Å². The summed E-state index contributed by atoms with van der Waals surface area (Å²) < 4.78 is 39.0. The van der Waals surface area contributed by atoms with Crippen LogP contribution in [0.15, 0.2) is 42.5 Å². The number of para-hydroxylation sites is 1. The molecular formula is C15H13F3N2O. The quantitative estimate of drug-likeness (QED) is 0.885. The van der Waals surface area contributed by atoms with E-state index in [4.69, 9.17) is 0 Å². The Hall–Kier alpha value is -2.50. The number of carbonyl (C=O) groups is 1. The van der Waals surface area contributed by atoms with Gasteiger partial charge in [-0.3, -0.25) is 4.79 Å². The normalized spacial score (nSPS) is 10.2. The van der Waals surface area contributed by atoms with E-state index in [0.29, 0.717) is 5.69 Å². The lowest BCUT2D eigenvalue weighted by Gasteiger charge is -2.08. The highest BCUT2D eigenvalue weighted by atomic mass is 19.2. The summed E-state index contributed by atoms with van der Waals surface area (Å²) >= 11 is 0. The molecule has 0 atom stereocenters. The van der Waals surface area contributed by atoms with E-state index < -0.39 is 17.5 Å². The first kappa shape index (κ1) is 14.9. The number of amides is 1. The second kappa shape index (κ2) is 6.78. The van der Waals surface area contributed by atoms with Crippen molar-refractivity contribution in [3.63, 3.8) is 0 Å². The van der Waals surface area contributed by atoms with E-state index in [1.54, 1.807) is 6.07 Å². The van der Waals surface area contributed by atoms with E-state index >= 15 is 0 Å². The first-order valence-corrected chi connectivity index (χ1v) is 6.29. The Bertz CT molecular complexity index is 647. The Balaban J connectivity index is 1.82. The van der Waals surface area contributed by atoms with Gasteiger partial charge in [-0.1, -0.05) is 12.1 Å². The Morgan fingerprint density at radius 1 is 0.952 bits per heavy atom. The van der Waals surface area contributed by atoms with Crippen LogP contribution in [0.4, 0.5) is 24.5 Å². The van der Waals surface area contributed by atoms with Crippen molar-refractivity contribution in [1.82, 2.24) is 0 Å². The topological polar surface area (TPSA) is 41.1 Å². The van der Waals surface area contributed by atoms with Gasteiger partial charge in [-0.05, 0) is 30.3 Å². The van der Waals surface area contributed by atoms with Crippen molar-refractivity contribution in [1.29, 1.82) is 0 Å². The standard InChI is InChI=1S/C15H13F3N2O/c16-11-6-5-10(9-13(11)18)19-8-7-15(21)20-14-4-2-1-3-12(14)17/h1-6,9,19H,7-8H2,(H,20,21). The van der Waals surface area contributed by atoms with Gasteiger partial charge in [-0.25, -0.2) is 13.2 Å². The molecule has 21 heavy (non-hydrogen) atoms. The Morgan fingerprint density at radius 2 is 1.71 bits per heavy atom. The van der Waals surface area contributed by atoms with Gasteiger partial charge in [0.15, 0.2) is 11.6 Å². The summed E-state index contributed by atoms with van der Waals surface area (Å²) in [6, 6.07) is 9.20. The maximum absolute atomic E-state index is 13.3. The molecule has 3 nitrogen and oxygen atoms in total. The average molecular weight is 294 g/mol. The number of halogens is 3. The fourth-order valence-electron chi connectivity index (χ4n) is 1.70.